The van der Waals surface area contributed by atoms with Crippen LogP contribution in [-0.2, 0) is 13.6 Å². The fourth-order valence-electron chi connectivity index (χ4n) is 2.49. The number of aromatic nitrogens is 2. The van der Waals surface area contributed by atoms with Crippen LogP contribution >= 0.6 is 0 Å². The van der Waals surface area contributed by atoms with Crippen molar-refractivity contribution in [2.45, 2.75) is 6.54 Å². The molecule has 0 bridgehead atoms. The van der Waals surface area contributed by atoms with Crippen LogP contribution in [0.15, 0.2) is 54.9 Å². The lowest BCUT2D eigenvalue weighted by molar-refractivity contribution is -0.384. The lowest BCUT2D eigenvalue weighted by atomic mass is 10.1. The van der Waals surface area contributed by atoms with E-state index in [9.17, 15) is 19.3 Å². The quantitative estimate of drug-likeness (QED) is 0.417. The summed E-state index contributed by atoms with van der Waals surface area (Å²) in [7, 11) is 1.67. The van der Waals surface area contributed by atoms with E-state index < -0.39 is 10.7 Å². The highest BCUT2D eigenvalue weighted by Gasteiger charge is 2.20. The number of imidazole rings is 1. The minimum atomic E-state index is -0.553. The van der Waals surface area contributed by atoms with E-state index in [1.54, 1.807) is 29.9 Å². The van der Waals surface area contributed by atoms with Gasteiger partial charge in [-0.05, 0) is 29.8 Å². The summed E-state index contributed by atoms with van der Waals surface area (Å²) in [5.41, 5.74) is 1.01. The van der Waals surface area contributed by atoms with Crippen LogP contribution in [0.25, 0.3) is 0 Å². The Hall–Kier alpha value is -3.55. The first-order valence-electron chi connectivity index (χ1n) is 7.74. The van der Waals surface area contributed by atoms with E-state index in [0.717, 1.165) is 5.56 Å². The number of carbonyl (C=O) groups is 1. The maximum atomic E-state index is 12.9. The Morgan fingerprint density at radius 1 is 1.27 bits per heavy atom. The van der Waals surface area contributed by atoms with Crippen molar-refractivity contribution in [3.8, 4) is 0 Å². The molecule has 132 valence electrons. The first-order valence-corrected chi connectivity index (χ1v) is 7.74. The SMILES string of the molecule is Cn1ccnc1C(=O)c1ccc(NCc2ccc(F)cc2)c([N+](=O)[O-])c1. The molecule has 0 aliphatic carbocycles. The Morgan fingerprint density at radius 3 is 2.62 bits per heavy atom. The second kappa shape index (κ2) is 7.14. The van der Waals surface area contributed by atoms with Crippen LogP contribution in [0.4, 0.5) is 15.8 Å². The Bertz CT molecular complexity index is 967. The first-order chi connectivity index (χ1) is 12.5. The number of ketones is 1. The molecule has 1 heterocycles. The summed E-state index contributed by atoms with van der Waals surface area (Å²) < 4.78 is 14.5. The van der Waals surface area contributed by atoms with Crippen LogP contribution in [0.2, 0.25) is 0 Å². The smallest absolute Gasteiger partial charge is 0.293 e. The second-order valence-corrected chi connectivity index (χ2v) is 5.66. The average molecular weight is 354 g/mol. The molecule has 0 saturated heterocycles. The highest BCUT2D eigenvalue weighted by Crippen LogP contribution is 2.27. The molecular weight excluding hydrogens is 339 g/mol. The fourth-order valence-corrected chi connectivity index (χ4v) is 2.49. The van der Waals surface area contributed by atoms with Gasteiger partial charge in [0.2, 0.25) is 5.78 Å². The summed E-state index contributed by atoms with van der Waals surface area (Å²) in [5.74, 6) is -0.547. The minimum absolute atomic E-state index is 0.179. The van der Waals surface area contributed by atoms with Crippen molar-refractivity contribution < 1.29 is 14.1 Å². The molecular formula is C18H15FN4O3. The Morgan fingerprint density at radius 2 is 2.00 bits per heavy atom. The number of aryl methyl sites for hydroxylation is 1. The highest BCUT2D eigenvalue weighted by molar-refractivity contribution is 6.07. The molecule has 0 fully saturated rings. The first kappa shape index (κ1) is 17.3. The van der Waals surface area contributed by atoms with Crippen LogP contribution < -0.4 is 5.32 Å². The van der Waals surface area contributed by atoms with Crippen LogP contribution in [0.5, 0.6) is 0 Å². The zero-order chi connectivity index (χ0) is 18.7. The minimum Gasteiger partial charge on any atom is -0.375 e. The normalized spacial score (nSPS) is 10.5. The molecule has 0 radical (unpaired) electrons. The topological polar surface area (TPSA) is 90.1 Å². The van der Waals surface area contributed by atoms with Gasteiger partial charge in [0.15, 0.2) is 5.82 Å². The average Bonchev–Trinajstić information content (AvgIpc) is 3.06. The van der Waals surface area contributed by atoms with Gasteiger partial charge in [-0.1, -0.05) is 12.1 Å². The zero-order valence-electron chi connectivity index (χ0n) is 13.8. The summed E-state index contributed by atoms with van der Waals surface area (Å²) in [6.07, 6.45) is 3.11. The van der Waals surface area contributed by atoms with Crippen LogP contribution in [0.1, 0.15) is 21.7 Å². The van der Waals surface area contributed by atoms with Gasteiger partial charge in [-0.3, -0.25) is 14.9 Å². The number of carbonyl (C=O) groups excluding carboxylic acids is 1. The number of nitro groups is 1. The lowest BCUT2D eigenvalue weighted by Crippen LogP contribution is -2.10. The van der Waals surface area contributed by atoms with Crippen molar-refractivity contribution in [1.29, 1.82) is 0 Å². The van der Waals surface area contributed by atoms with E-state index >= 15 is 0 Å². The number of nitrogens with zero attached hydrogens (tertiary/aromatic N) is 3. The highest BCUT2D eigenvalue weighted by atomic mass is 19.1. The van der Waals surface area contributed by atoms with Crippen molar-refractivity contribution in [3.05, 3.63) is 87.7 Å². The number of halogens is 1. The van der Waals surface area contributed by atoms with Crippen molar-refractivity contribution in [1.82, 2.24) is 9.55 Å². The molecule has 3 aromatic rings. The largest absolute Gasteiger partial charge is 0.375 e. The van der Waals surface area contributed by atoms with E-state index in [-0.39, 0.29) is 35.1 Å². The van der Waals surface area contributed by atoms with Crippen LogP contribution in [0.3, 0.4) is 0 Å². The van der Waals surface area contributed by atoms with Gasteiger partial charge >= 0.3 is 0 Å². The second-order valence-electron chi connectivity index (χ2n) is 5.66. The third-order valence-corrected chi connectivity index (χ3v) is 3.88. The van der Waals surface area contributed by atoms with Gasteiger partial charge in [0.1, 0.15) is 11.5 Å². The third-order valence-electron chi connectivity index (χ3n) is 3.88. The summed E-state index contributed by atoms with van der Waals surface area (Å²) in [6.45, 7) is 0.285. The molecule has 2 aromatic carbocycles. The molecule has 3 rings (SSSR count). The Balaban J connectivity index is 1.85. The molecule has 0 atom stereocenters. The number of hydrogen-bond acceptors (Lipinski definition) is 5. The predicted octanol–water partition coefficient (Wildman–Crippen LogP) is 3.31. The van der Waals surface area contributed by atoms with E-state index in [2.05, 4.69) is 10.3 Å². The van der Waals surface area contributed by atoms with Crippen LogP contribution in [0, 0.1) is 15.9 Å². The molecule has 0 aliphatic heterocycles. The molecule has 8 heteroatoms. The maximum absolute atomic E-state index is 12.9. The molecule has 0 amide bonds. The number of nitrogens with one attached hydrogen (secondary N) is 1. The number of nitro benzene ring substituents is 1. The number of benzene rings is 2. The monoisotopic (exact) mass is 354 g/mol. The standard InChI is InChI=1S/C18H15FN4O3/c1-22-9-8-20-18(22)17(24)13-4-7-15(16(10-13)23(25)26)21-11-12-2-5-14(19)6-3-12/h2-10,21H,11H2,1H3. The van der Waals surface area contributed by atoms with Crippen molar-refractivity contribution >= 4 is 17.2 Å². The Labute approximate surface area is 148 Å². The van der Waals surface area contributed by atoms with Gasteiger partial charge in [0, 0.05) is 37.6 Å². The fraction of sp³-hybridized carbons (Fsp3) is 0.111. The number of hydrogen-bond donors (Lipinski definition) is 1. The maximum Gasteiger partial charge on any atom is 0.293 e. The van der Waals surface area contributed by atoms with Crippen molar-refractivity contribution in [2.24, 2.45) is 7.05 Å². The molecule has 0 saturated carbocycles. The van der Waals surface area contributed by atoms with Crippen molar-refractivity contribution in [2.75, 3.05) is 5.32 Å². The van der Waals surface area contributed by atoms with Gasteiger partial charge in [-0.25, -0.2) is 9.37 Å². The zero-order valence-corrected chi connectivity index (χ0v) is 13.8. The third kappa shape index (κ3) is 3.59. The lowest BCUT2D eigenvalue weighted by Gasteiger charge is -2.09. The molecule has 0 unspecified atom stereocenters. The summed E-state index contributed by atoms with van der Waals surface area (Å²) in [6, 6.07) is 10.0. The van der Waals surface area contributed by atoms with Gasteiger partial charge in [0.05, 0.1) is 4.92 Å². The number of rotatable bonds is 6. The van der Waals surface area contributed by atoms with Crippen LogP contribution in [-0.4, -0.2) is 20.3 Å². The molecule has 26 heavy (non-hydrogen) atoms. The van der Waals surface area contributed by atoms with Gasteiger partial charge in [-0.2, -0.15) is 0 Å². The molecule has 0 spiro atoms. The summed E-state index contributed by atoms with van der Waals surface area (Å²) in [4.78, 5) is 27.3. The predicted molar refractivity (Wildman–Crippen MR) is 93.5 cm³/mol. The molecule has 7 nitrogen and oxygen atoms in total. The molecule has 1 N–H and O–H groups in total. The van der Waals surface area contributed by atoms with E-state index in [1.165, 1.54) is 36.5 Å². The van der Waals surface area contributed by atoms with E-state index in [4.69, 9.17) is 0 Å². The Kier molecular flexibility index (Phi) is 4.74. The van der Waals surface area contributed by atoms with Crippen molar-refractivity contribution in [3.63, 3.8) is 0 Å². The molecule has 1 aromatic heterocycles. The summed E-state index contributed by atoms with van der Waals surface area (Å²) >= 11 is 0. The molecule has 0 aliphatic rings. The van der Waals surface area contributed by atoms with E-state index in [1.807, 2.05) is 0 Å². The van der Waals surface area contributed by atoms with Gasteiger partial charge in [-0.15, -0.1) is 0 Å². The number of anilines is 1. The van der Waals surface area contributed by atoms with Gasteiger partial charge in [0.25, 0.3) is 5.69 Å². The summed E-state index contributed by atoms with van der Waals surface area (Å²) in [5, 5.41) is 14.3. The van der Waals surface area contributed by atoms with Gasteiger partial charge < -0.3 is 9.88 Å². The van der Waals surface area contributed by atoms with E-state index in [0.29, 0.717) is 0 Å².